The highest BCUT2D eigenvalue weighted by molar-refractivity contribution is 6.31. The Balaban J connectivity index is 1.49. The Labute approximate surface area is 189 Å². The highest BCUT2D eigenvalue weighted by Crippen LogP contribution is 2.53. The Morgan fingerprint density at radius 3 is 2.32 bits per heavy atom. The minimum absolute atomic E-state index is 0.0637. The zero-order chi connectivity index (χ0) is 21.6. The van der Waals surface area contributed by atoms with Crippen LogP contribution >= 0.6 is 11.6 Å². The van der Waals surface area contributed by atoms with E-state index < -0.39 is 0 Å². The third-order valence-electron chi connectivity index (χ3n) is 6.93. The van der Waals surface area contributed by atoms with Gasteiger partial charge in [-0.25, -0.2) is 0 Å². The number of fused-ring (bicyclic) bond motifs is 3. The summed E-state index contributed by atoms with van der Waals surface area (Å²) >= 11 is 6.49. The van der Waals surface area contributed by atoms with E-state index in [9.17, 15) is 0 Å². The van der Waals surface area contributed by atoms with Gasteiger partial charge in [0.2, 0.25) is 0 Å². The number of halogens is 1. The topological polar surface area (TPSA) is 26.0 Å². The summed E-state index contributed by atoms with van der Waals surface area (Å²) in [5, 5.41) is 0.832. The number of hydrogen-bond acceptors (Lipinski definition) is 1. The number of hydrogen-bond donors (Lipinski definition) is 1. The number of nitrogens with two attached hydrogens (primary N) is 1. The third kappa shape index (κ3) is 3.25. The molecule has 0 spiro atoms. The van der Waals surface area contributed by atoms with E-state index in [0.717, 1.165) is 29.1 Å². The lowest BCUT2D eigenvalue weighted by Crippen LogP contribution is -2.22. The van der Waals surface area contributed by atoms with Crippen molar-refractivity contribution in [3.05, 3.63) is 112 Å². The van der Waals surface area contributed by atoms with E-state index in [4.69, 9.17) is 17.3 Å². The molecular formula is C29H26ClN. The first-order valence-electron chi connectivity index (χ1n) is 10.8. The van der Waals surface area contributed by atoms with Crippen molar-refractivity contribution in [2.45, 2.75) is 32.1 Å². The summed E-state index contributed by atoms with van der Waals surface area (Å²) in [5.41, 5.74) is 17.4. The van der Waals surface area contributed by atoms with Crippen LogP contribution in [0.2, 0.25) is 5.02 Å². The Morgan fingerprint density at radius 1 is 0.806 bits per heavy atom. The summed E-state index contributed by atoms with van der Waals surface area (Å²) in [6.07, 6.45) is 1.92. The first kappa shape index (κ1) is 19.9. The fraction of sp³-hybridized carbons (Fsp3) is 0.172. The summed E-state index contributed by atoms with van der Waals surface area (Å²) in [4.78, 5) is 0. The van der Waals surface area contributed by atoms with Crippen LogP contribution in [-0.2, 0) is 11.8 Å². The highest BCUT2D eigenvalue weighted by atomic mass is 35.5. The zero-order valence-electron chi connectivity index (χ0n) is 18.0. The van der Waals surface area contributed by atoms with Gasteiger partial charge in [-0.3, -0.25) is 0 Å². The normalized spacial score (nSPS) is 16.7. The van der Waals surface area contributed by atoms with E-state index in [0.29, 0.717) is 0 Å². The molecule has 31 heavy (non-hydrogen) atoms. The van der Waals surface area contributed by atoms with Gasteiger partial charge in [0, 0.05) is 16.1 Å². The molecule has 0 saturated carbocycles. The zero-order valence-corrected chi connectivity index (χ0v) is 18.7. The minimum Gasteiger partial charge on any atom is -0.398 e. The predicted molar refractivity (Wildman–Crippen MR) is 133 cm³/mol. The van der Waals surface area contributed by atoms with Crippen LogP contribution in [-0.4, -0.2) is 0 Å². The molecule has 0 aliphatic heterocycles. The molecule has 4 aromatic carbocycles. The lowest BCUT2D eigenvalue weighted by Gasteiger charge is -2.28. The van der Waals surface area contributed by atoms with Gasteiger partial charge in [0.05, 0.1) is 0 Å². The van der Waals surface area contributed by atoms with Crippen LogP contribution < -0.4 is 5.73 Å². The van der Waals surface area contributed by atoms with Gasteiger partial charge >= 0.3 is 0 Å². The lowest BCUT2D eigenvalue weighted by molar-refractivity contribution is 0.533. The quantitative estimate of drug-likeness (QED) is 0.332. The van der Waals surface area contributed by atoms with Crippen LogP contribution in [0.4, 0.5) is 5.69 Å². The molecule has 1 atom stereocenters. The van der Waals surface area contributed by atoms with Crippen molar-refractivity contribution in [3.8, 4) is 22.3 Å². The van der Waals surface area contributed by atoms with E-state index >= 15 is 0 Å². The Morgan fingerprint density at radius 2 is 1.55 bits per heavy atom. The van der Waals surface area contributed by atoms with Crippen molar-refractivity contribution < 1.29 is 0 Å². The van der Waals surface area contributed by atoms with Gasteiger partial charge in [-0.05, 0) is 76.4 Å². The van der Waals surface area contributed by atoms with Crippen LogP contribution in [0, 0.1) is 6.92 Å². The standard InChI is InChI=1S/C29H26ClN/c1-19-26(30)15-14-25-28(19)23-10-6-7-11-24(23)29(25,2)17-16-21-12-13-22(18-27(21)31)20-8-4-3-5-9-20/h3-15,18H,16-17,31H2,1-2H3. The summed E-state index contributed by atoms with van der Waals surface area (Å²) in [5.74, 6) is 0. The molecule has 1 nitrogen and oxygen atoms in total. The average Bonchev–Trinajstić information content (AvgIpc) is 3.05. The van der Waals surface area contributed by atoms with Crippen molar-refractivity contribution in [2.24, 2.45) is 0 Å². The van der Waals surface area contributed by atoms with Gasteiger partial charge in [0.25, 0.3) is 0 Å². The van der Waals surface area contributed by atoms with E-state index in [-0.39, 0.29) is 5.41 Å². The molecule has 2 heteroatoms. The van der Waals surface area contributed by atoms with Crippen LogP contribution in [0.5, 0.6) is 0 Å². The molecule has 0 fully saturated rings. The molecule has 1 aliphatic carbocycles. The van der Waals surface area contributed by atoms with Crippen LogP contribution in [0.1, 0.15) is 35.6 Å². The third-order valence-corrected chi connectivity index (χ3v) is 7.34. The SMILES string of the molecule is Cc1c(Cl)ccc2c1-c1ccccc1C2(C)CCc1ccc(-c2ccccc2)cc1N. The monoisotopic (exact) mass is 423 g/mol. The largest absolute Gasteiger partial charge is 0.398 e. The van der Waals surface area contributed by atoms with Crippen LogP contribution in [0.3, 0.4) is 0 Å². The Bertz CT molecular complexity index is 1280. The second kappa shape index (κ2) is 7.59. The molecule has 0 bridgehead atoms. The van der Waals surface area contributed by atoms with E-state index in [1.54, 1.807) is 0 Å². The smallest absolute Gasteiger partial charge is 0.0441 e. The van der Waals surface area contributed by atoms with E-state index in [1.165, 1.54) is 38.9 Å². The Kier molecular flexibility index (Phi) is 4.87. The summed E-state index contributed by atoms with van der Waals surface area (Å²) in [6.45, 7) is 4.49. The molecule has 1 aliphatic rings. The fourth-order valence-electron chi connectivity index (χ4n) is 5.11. The molecule has 2 N–H and O–H groups in total. The number of nitrogen functional groups attached to an aromatic ring is 1. The van der Waals surface area contributed by atoms with Gasteiger partial charge in [-0.1, -0.05) is 91.3 Å². The Hall–Kier alpha value is -3.03. The van der Waals surface area contributed by atoms with Gasteiger partial charge in [0.15, 0.2) is 0 Å². The number of aryl methyl sites for hydroxylation is 1. The molecule has 0 radical (unpaired) electrons. The summed E-state index contributed by atoms with van der Waals surface area (Å²) in [7, 11) is 0. The number of benzene rings is 4. The first-order chi connectivity index (χ1) is 15.0. The second-order valence-electron chi connectivity index (χ2n) is 8.75. The molecule has 4 aromatic rings. The summed E-state index contributed by atoms with van der Waals surface area (Å²) < 4.78 is 0. The van der Waals surface area contributed by atoms with Crippen molar-refractivity contribution in [1.29, 1.82) is 0 Å². The van der Waals surface area contributed by atoms with Crippen molar-refractivity contribution in [1.82, 2.24) is 0 Å². The molecule has 0 amide bonds. The maximum atomic E-state index is 6.50. The lowest BCUT2D eigenvalue weighted by atomic mass is 9.75. The van der Waals surface area contributed by atoms with Gasteiger partial charge < -0.3 is 5.73 Å². The van der Waals surface area contributed by atoms with Gasteiger partial charge in [-0.15, -0.1) is 0 Å². The maximum absolute atomic E-state index is 6.50. The number of rotatable bonds is 4. The molecule has 1 unspecified atom stereocenters. The molecular weight excluding hydrogens is 398 g/mol. The predicted octanol–water partition coefficient (Wildman–Crippen LogP) is 7.82. The first-order valence-corrected chi connectivity index (χ1v) is 11.2. The fourth-order valence-corrected chi connectivity index (χ4v) is 5.26. The van der Waals surface area contributed by atoms with E-state index in [1.807, 2.05) is 12.1 Å². The van der Waals surface area contributed by atoms with Crippen LogP contribution in [0.15, 0.2) is 84.9 Å². The molecule has 154 valence electrons. The van der Waals surface area contributed by atoms with E-state index in [2.05, 4.69) is 86.6 Å². The minimum atomic E-state index is -0.0637. The molecule has 0 heterocycles. The van der Waals surface area contributed by atoms with Gasteiger partial charge in [0.1, 0.15) is 0 Å². The second-order valence-corrected chi connectivity index (χ2v) is 9.16. The number of anilines is 1. The van der Waals surface area contributed by atoms with Crippen molar-refractivity contribution >= 4 is 17.3 Å². The van der Waals surface area contributed by atoms with Crippen molar-refractivity contribution in [2.75, 3.05) is 5.73 Å². The van der Waals surface area contributed by atoms with Crippen molar-refractivity contribution in [3.63, 3.8) is 0 Å². The molecule has 5 rings (SSSR count). The molecule has 0 aromatic heterocycles. The maximum Gasteiger partial charge on any atom is 0.0441 e. The van der Waals surface area contributed by atoms with Crippen LogP contribution in [0.25, 0.3) is 22.3 Å². The molecule has 0 saturated heterocycles. The van der Waals surface area contributed by atoms with Gasteiger partial charge in [-0.2, -0.15) is 0 Å². The summed E-state index contributed by atoms with van der Waals surface area (Å²) in [6, 6.07) is 29.9. The highest BCUT2D eigenvalue weighted by Gasteiger charge is 2.39. The average molecular weight is 424 g/mol.